The largest absolute Gasteiger partial charge is 0.338 e. The highest BCUT2D eigenvalue weighted by atomic mass is 35.5. The average molecular weight is 361 g/mol. The van der Waals surface area contributed by atoms with Crippen LogP contribution in [-0.2, 0) is 11.8 Å². The summed E-state index contributed by atoms with van der Waals surface area (Å²) in [7, 11) is 1.71. The second kappa shape index (κ2) is 7.27. The molecule has 6 nitrogen and oxygen atoms in total. The summed E-state index contributed by atoms with van der Waals surface area (Å²) < 4.78 is 1.50. The van der Waals surface area contributed by atoms with Crippen LogP contribution in [-0.4, -0.2) is 39.6 Å². The van der Waals surface area contributed by atoms with E-state index in [9.17, 15) is 9.59 Å². The van der Waals surface area contributed by atoms with Crippen molar-refractivity contribution in [1.82, 2.24) is 14.7 Å². The standard InChI is InChI=1S/C18H21ClN4O2/c1-12-15(16(19)22(2)21-12)18(25)23-10-8-13(9-11-23)17(24)20-14-6-4-3-5-7-14/h3-7,13H,8-11H2,1-2H3,(H,20,24). The van der Waals surface area contributed by atoms with E-state index in [1.54, 1.807) is 18.9 Å². The minimum Gasteiger partial charge on any atom is -0.338 e. The summed E-state index contributed by atoms with van der Waals surface area (Å²) in [5.74, 6) is -0.193. The Balaban J connectivity index is 1.60. The lowest BCUT2D eigenvalue weighted by molar-refractivity contribution is -0.121. The van der Waals surface area contributed by atoms with E-state index < -0.39 is 0 Å². The Morgan fingerprint density at radius 1 is 1.20 bits per heavy atom. The molecule has 0 aliphatic carbocycles. The van der Waals surface area contributed by atoms with Crippen molar-refractivity contribution in [2.75, 3.05) is 18.4 Å². The number of aryl methyl sites for hydroxylation is 2. The first-order chi connectivity index (χ1) is 12.0. The quantitative estimate of drug-likeness (QED) is 0.915. The first-order valence-corrected chi connectivity index (χ1v) is 8.69. The lowest BCUT2D eigenvalue weighted by atomic mass is 9.95. The molecule has 0 saturated carbocycles. The molecular weight excluding hydrogens is 340 g/mol. The van der Waals surface area contributed by atoms with Crippen LogP contribution in [0, 0.1) is 12.8 Å². The Labute approximate surface area is 151 Å². The van der Waals surface area contributed by atoms with Crippen LogP contribution in [0.1, 0.15) is 28.9 Å². The molecule has 2 amide bonds. The molecule has 1 aromatic carbocycles. The Kier molecular flexibility index (Phi) is 5.08. The zero-order valence-electron chi connectivity index (χ0n) is 14.3. The van der Waals surface area contributed by atoms with Crippen molar-refractivity contribution in [2.24, 2.45) is 13.0 Å². The Hall–Kier alpha value is -2.34. The fraction of sp³-hybridized carbons (Fsp3) is 0.389. The molecule has 1 aliphatic rings. The molecule has 1 N–H and O–H groups in total. The fourth-order valence-electron chi connectivity index (χ4n) is 3.14. The van der Waals surface area contributed by atoms with Crippen LogP contribution in [0.3, 0.4) is 0 Å². The lowest BCUT2D eigenvalue weighted by Crippen LogP contribution is -2.41. The number of anilines is 1. The maximum absolute atomic E-state index is 12.7. The number of hydrogen-bond acceptors (Lipinski definition) is 3. The zero-order valence-corrected chi connectivity index (χ0v) is 15.1. The lowest BCUT2D eigenvalue weighted by Gasteiger charge is -2.31. The molecule has 0 unspecified atom stereocenters. The summed E-state index contributed by atoms with van der Waals surface area (Å²) in [4.78, 5) is 26.8. The Morgan fingerprint density at radius 2 is 1.84 bits per heavy atom. The van der Waals surface area contributed by atoms with Crippen molar-refractivity contribution >= 4 is 29.1 Å². The monoisotopic (exact) mass is 360 g/mol. The van der Waals surface area contributed by atoms with E-state index in [0.717, 1.165) is 5.69 Å². The van der Waals surface area contributed by atoms with E-state index in [2.05, 4.69) is 10.4 Å². The normalized spacial score (nSPS) is 15.2. The van der Waals surface area contributed by atoms with Crippen LogP contribution in [0.5, 0.6) is 0 Å². The second-order valence-corrected chi connectivity index (χ2v) is 6.65. The molecule has 1 aliphatic heterocycles. The topological polar surface area (TPSA) is 67.2 Å². The maximum Gasteiger partial charge on any atom is 0.258 e. The molecule has 2 aromatic rings. The number of halogens is 1. The van der Waals surface area contributed by atoms with E-state index >= 15 is 0 Å². The molecule has 132 valence electrons. The SMILES string of the molecule is Cc1nn(C)c(Cl)c1C(=O)N1CCC(C(=O)Nc2ccccc2)CC1. The van der Waals surface area contributed by atoms with Gasteiger partial charge in [-0.05, 0) is 31.9 Å². The maximum atomic E-state index is 12.7. The van der Waals surface area contributed by atoms with Gasteiger partial charge in [-0.25, -0.2) is 0 Å². The van der Waals surface area contributed by atoms with Crippen molar-refractivity contribution in [3.8, 4) is 0 Å². The summed E-state index contributed by atoms with van der Waals surface area (Å²) in [6.07, 6.45) is 1.28. The van der Waals surface area contributed by atoms with Gasteiger partial charge in [0.25, 0.3) is 5.91 Å². The number of benzene rings is 1. The van der Waals surface area contributed by atoms with Gasteiger partial charge in [0.15, 0.2) is 0 Å². The highest BCUT2D eigenvalue weighted by Gasteiger charge is 2.30. The number of likely N-dealkylation sites (tertiary alicyclic amines) is 1. The van der Waals surface area contributed by atoms with E-state index in [4.69, 9.17) is 11.6 Å². The molecule has 1 saturated heterocycles. The van der Waals surface area contributed by atoms with Gasteiger partial charge in [0.1, 0.15) is 5.15 Å². The van der Waals surface area contributed by atoms with Crippen molar-refractivity contribution in [3.63, 3.8) is 0 Å². The molecule has 1 aromatic heterocycles. The third-order valence-corrected chi connectivity index (χ3v) is 4.99. The summed E-state index contributed by atoms with van der Waals surface area (Å²) in [6.45, 7) is 2.85. The van der Waals surface area contributed by atoms with Crippen LogP contribution in [0.25, 0.3) is 0 Å². The van der Waals surface area contributed by atoms with Crippen molar-refractivity contribution < 1.29 is 9.59 Å². The predicted molar refractivity (Wildman–Crippen MR) is 96.7 cm³/mol. The number of aromatic nitrogens is 2. The van der Waals surface area contributed by atoms with Gasteiger partial charge in [0, 0.05) is 31.7 Å². The molecule has 25 heavy (non-hydrogen) atoms. The van der Waals surface area contributed by atoms with Crippen LogP contribution >= 0.6 is 11.6 Å². The van der Waals surface area contributed by atoms with Crippen LogP contribution in [0.4, 0.5) is 5.69 Å². The number of nitrogens with zero attached hydrogens (tertiary/aromatic N) is 3. The van der Waals surface area contributed by atoms with Gasteiger partial charge < -0.3 is 10.2 Å². The molecule has 7 heteroatoms. The van der Waals surface area contributed by atoms with E-state index in [-0.39, 0.29) is 17.7 Å². The summed E-state index contributed by atoms with van der Waals surface area (Å²) in [5.41, 5.74) is 1.88. The van der Waals surface area contributed by atoms with Gasteiger partial charge in [0.2, 0.25) is 5.91 Å². The first kappa shape index (κ1) is 17.5. The van der Waals surface area contributed by atoms with Crippen molar-refractivity contribution in [2.45, 2.75) is 19.8 Å². The van der Waals surface area contributed by atoms with E-state index in [1.165, 1.54) is 4.68 Å². The third-order valence-electron chi connectivity index (χ3n) is 4.56. The summed E-state index contributed by atoms with van der Waals surface area (Å²) >= 11 is 6.19. The average Bonchev–Trinajstić information content (AvgIpc) is 2.87. The first-order valence-electron chi connectivity index (χ1n) is 8.31. The van der Waals surface area contributed by atoms with Crippen molar-refractivity contribution in [3.05, 3.63) is 46.7 Å². The van der Waals surface area contributed by atoms with Gasteiger partial charge in [-0.1, -0.05) is 29.8 Å². The smallest absolute Gasteiger partial charge is 0.258 e. The molecule has 2 heterocycles. The van der Waals surface area contributed by atoms with Gasteiger partial charge in [-0.2, -0.15) is 5.10 Å². The number of amides is 2. The number of piperidine rings is 1. The van der Waals surface area contributed by atoms with Crippen LogP contribution in [0.2, 0.25) is 5.15 Å². The molecule has 1 fully saturated rings. The molecule has 0 spiro atoms. The molecule has 0 atom stereocenters. The van der Waals surface area contributed by atoms with Gasteiger partial charge in [-0.15, -0.1) is 0 Å². The predicted octanol–water partition coefficient (Wildman–Crippen LogP) is 2.87. The Morgan fingerprint density at radius 3 is 2.40 bits per heavy atom. The minimum absolute atomic E-state index is 0.00823. The van der Waals surface area contributed by atoms with Crippen LogP contribution < -0.4 is 5.32 Å². The third kappa shape index (κ3) is 3.69. The molecular formula is C18H21ClN4O2. The number of nitrogens with one attached hydrogen (secondary N) is 1. The summed E-state index contributed by atoms with van der Waals surface area (Å²) in [6, 6.07) is 9.41. The Bertz CT molecular complexity index is 780. The minimum atomic E-state index is -0.113. The number of para-hydroxylation sites is 1. The zero-order chi connectivity index (χ0) is 18.0. The van der Waals surface area contributed by atoms with Gasteiger partial charge in [-0.3, -0.25) is 14.3 Å². The number of carbonyl (C=O) groups is 2. The van der Waals surface area contributed by atoms with Crippen molar-refractivity contribution in [1.29, 1.82) is 0 Å². The van der Waals surface area contributed by atoms with E-state index in [0.29, 0.717) is 42.3 Å². The number of carbonyl (C=O) groups excluding carboxylic acids is 2. The van der Waals surface area contributed by atoms with Gasteiger partial charge >= 0.3 is 0 Å². The van der Waals surface area contributed by atoms with E-state index in [1.807, 2.05) is 30.3 Å². The second-order valence-electron chi connectivity index (χ2n) is 6.30. The van der Waals surface area contributed by atoms with Gasteiger partial charge in [0.05, 0.1) is 11.3 Å². The number of hydrogen-bond donors (Lipinski definition) is 1. The molecule has 3 rings (SSSR count). The highest BCUT2D eigenvalue weighted by molar-refractivity contribution is 6.33. The summed E-state index contributed by atoms with van der Waals surface area (Å²) in [5, 5.41) is 7.47. The highest BCUT2D eigenvalue weighted by Crippen LogP contribution is 2.25. The molecule has 0 radical (unpaired) electrons. The fourth-order valence-corrected chi connectivity index (χ4v) is 3.40. The number of rotatable bonds is 3. The molecule has 0 bridgehead atoms. The van der Waals surface area contributed by atoms with Crippen LogP contribution in [0.15, 0.2) is 30.3 Å².